The first-order valence-corrected chi connectivity index (χ1v) is 19.8. The maximum atomic E-state index is 2.58. The summed E-state index contributed by atoms with van der Waals surface area (Å²) in [5.41, 5.74) is 9.00. The summed E-state index contributed by atoms with van der Waals surface area (Å²) in [6, 6.07) is 61.6. The second-order valence-electron chi connectivity index (χ2n) is 14.4. The van der Waals surface area contributed by atoms with E-state index < -0.39 is 0 Å². The summed E-state index contributed by atoms with van der Waals surface area (Å²) in [5, 5.41) is 15.7. The standard InChI is InChI=1S/C50H27NS2/c1-3-12-32-28(10-1)24-40-48(46(32)30-20-22-36-34-14-5-7-18-42(34)52-44(36)26-30)38-16-9-17-39-49-41(51(40)50(38)39)25-29-11-2-4-13-33(29)47(49)31-21-23-37-35-15-6-8-19-43(35)53-45(37)27-31/h1-27H. The third-order valence-corrected chi connectivity index (χ3v) is 13.9. The molecule has 4 aromatic heterocycles. The highest BCUT2D eigenvalue weighted by Gasteiger charge is 2.25. The molecule has 0 aliphatic carbocycles. The van der Waals surface area contributed by atoms with Crippen molar-refractivity contribution in [1.29, 1.82) is 0 Å². The topological polar surface area (TPSA) is 4.41 Å². The fourth-order valence-corrected chi connectivity index (χ4v) is 11.8. The first-order valence-electron chi connectivity index (χ1n) is 18.2. The van der Waals surface area contributed by atoms with Gasteiger partial charge in [-0.15, -0.1) is 22.7 Å². The highest BCUT2D eigenvalue weighted by molar-refractivity contribution is 7.26. The van der Waals surface area contributed by atoms with Gasteiger partial charge < -0.3 is 4.40 Å². The lowest BCUT2D eigenvalue weighted by atomic mass is 9.91. The first-order chi connectivity index (χ1) is 26.3. The lowest BCUT2D eigenvalue weighted by Gasteiger charge is -2.13. The molecule has 0 radical (unpaired) electrons. The normalized spacial score (nSPS) is 12.5. The van der Waals surface area contributed by atoms with Crippen molar-refractivity contribution in [2.45, 2.75) is 0 Å². The average molecular weight is 706 g/mol. The molecule has 0 aliphatic rings. The molecule has 53 heavy (non-hydrogen) atoms. The number of hydrogen-bond acceptors (Lipinski definition) is 2. The fraction of sp³-hybridized carbons (Fsp3) is 0. The number of nitrogens with zero attached hydrogens (tertiary/aromatic N) is 1. The number of benzene rings is 9. The van der Waals surface area contributed by atoms with E-state index >= 15 is 0 Å². The maximum Gasteiger partial charge on any atom is 0.0620 e. The summed E-state index contributed by atoms with van der Waals surface area (Å²) in [6.07, 6.45) is 0. The van der Waals surface area contributed by atoms with Gasteiger partial charge in [-0.05, 0) is 80.2 Å². The van der Waals surface area contributed by atoms with E-state index in [4.69, 9.17) is 0 Å². The van der Waals surface area contributed by atoms with Crippen LogP contribution in [-0.4, -0.2) is 4.40 Å². The van der Waals surface area contributed by atoms with Crippen LogP contribution in [0.15, 0.2) is 164 Å². The molecule has 0 aliphatic heterocycles. The van der Waals surface area contributed by atoms with Crippen LogP contribution in [0.5, 0.6) is 0 Å². The molecule has 13 rings (SSSR count). The van der Waals surface area contributed by atoms with Crippen LogP contribution in [0.2, 0.25) is 0 Å². The Labute approximate surface area is 311 Å². The van der Waals surface area contributed by atoms with Crippen LogP contribution in [0.3, 0.4) is 0 Å². The molecular weight excluding hydrogens is 679 g/mol. The smallest absolute Gasteiger partial charge is 0.0620 e. The maximum absolute atomic E-state index is 2.58. The third kappa shape index (κ3) is 3.70. The van der Waals surface area contributed by atoms with Gasteiger partial charge in [0.15, 0.2) is 0 Å². The number of para-hydroxylation sites is 1. The van der Waals surface area contributed by atoms with Crippen LogP contribution in [0, 0.1) is 0 Å². The summed E-state index contributed by atoms with van der Waals surface area (Å²) in [7, 11) is 0. The predicted octanol–water partition coefficient (Wildman–Crippen LogP) is 15.2. The van der Waals surface area contributed by atoms with Gasteiger partial charge >= 0.3 is 0 Å². The lowest BCUT2D eigenvalue weighted by molar-refractivity contribution is 1.38. The molecule has 244 valence electrons. The number of aromatic nitrogens is 1. The van der Waals surface area contributed by atoms with Gasteiger partial charge in [-0.1, -0.05) is 127 Å². The van der Waals surface area contributed by atoms with Gasteiger partial charge in [-0.25, -0.2) is 0 Å². The Kier molecular flexibility index (Phi) is 5.45. The third-order valence-electron chi connectivity index (χ3n) is 11.7. The van der Waals surface area contributed by atoms with Gasteiger partial charge in [-0.2, -0.15) is 0 Å². The average Bonchev–Trinajstić information content (AvgIpc) is 3.95. The van der Waals surface area contributed by atoms with Crippen molar-refractivity contribution >= 4 is 123 Å². The summed E-state index contributed by atoms with van der Waals surface area (Å²) >= 11 is 3.78. The van der Waals surface area contributed by atoms with E-state index in [-0.39, 0.29) is 0 Å². The Morgan fingerprint density at radius 1 is 0.321 bits per heavy atom. The van der Waals surface area contributed by atoms with Crippen molar-refractivity contribution in [3.05, 3.63) is 164 Å². The molecule has 0 spiro atoms. The minimum atomic E-state index is 1.26. The van der Waals surface area contributed by atoms with Crippen molar-refractivity contribution in [3.63, 3.8) is 0 Å². The van der Waals surface area contributed by atoms with Gasteiger partial charge in [0.05, 0.1) is 16.6 Å². The minimum Gasteiger partial charge on any atom is -0.308 e. The van der Waals surface area contributed by atoms with Crippen LogP contribution in [0.25, 0.3) is 122 Å². The number of fused-ring (bicyclic) bond motifs is 14. The highest BCUT2D eigenvalue weighted by Crippen LogP contribution is 2.50. The van der Waals surface area contributed by atoms with Crippen LogP contribution >= 0.6 is 22.7 Å². The molecule has 0 unspecified atom stereocenters. The van der Waals surface area contributed by atoms with Crippen LogP contribution in [-0.2, 0) is 0 Å². The van der Waals surface area contributed by atoms with Crippen LogP contribution in [0.1, 0.15) is 0 Å². The Bertz CT molecular complexity index is 3450. The van der Waals surface area contributed by atoms with Crippen LogP contribution < -0.4 is 0 Å². The molecule has 0 amide bonds. The van der Waals surface area contributed by atoms with E-state index in [1.54, 1.807) is 0 Å². The van der Waals surface area contributed by atoms with Crippen molar-refractivity contribution in [3.8, 4) is 22.3 Å². The fourth-order valence-electron chi connectivity index (χ4n) is 9.48. The summed E-state index contributed by atoms with van der Waals surface area (Å²) in [6.45, 7) is 0. The molecular formula is C50H27NS2. The largest absolute Gasteiger partial charge is 0.308 e. The molecule has 1 nitrogen and oxygen atoms in total. The molecule has 0 atom stereocenters. The Morgan fingerprint density at radius 2 is 0.736 bits per heavy atom. The Balaban J connectivity index is 1.18. The zero-order chi connectivity index (χ0) is 34.4. The van der Waals surface area contributed by atoms with E-state index in [0.29, 0.717) is 0 Å². The van der Waals surface area contributed by atoms with E-state index in [1.165, 1.54) is 122 Å². The Hall–Kier alpha value is -6.26. The molecule has 13 aromatic rings. The van der Waals surface area contributed by atoms with E-state index in [0.717, 1.165) is 0 Å². The zero-order valence-corrected chi connectivity index (χ0v) is 30.0. The molecule has 4 heterocycles. The van der Waals surface area contributed by atoms with Gasteiger partial charge in [-0.3, -0.25) is 0 Å². The highest BCUT2D eigenvalue weighted by atomic mass is 32.1. The van der Waals surface area contributed by atoms with Crippen LogP contribution in [0.4, 0.5) is 0 Å². The van der Waals surface area contributed by atoms with Gasteiger partial charge in [0.25, 0.3) is 0 Å². The summed E-state index contributed by atoms with van der Waals surface area (Å²) in [4.78, 5) is 0. The number of hydrogen-bond donors (Lipinski definition) is 0. The van der Waals surface area contributed by atoms with Crippen molar-refractivity contribution in [2.24, 2.45) is 0 Å². The molecule has 0 saturated heterocycles. The predicted molar refractivity (Wildman–Crippen MR) is 233 cm³/mol. The lowest BCUT2D eigenvalue weighted by Crippen LogP contribution is -1.89. The van der Waals surface area contributed by atoms with Crippen molar-refractivity contribution in [2.75, 3.05) is 0 Å². The summed E-state index contributed by atoms with van der Waals surface area (Å²) < 4.78 is 7.92. The molecule has 0 saturated carbocycles. The second-order valence-corrected chi connectivity index (χ2v) is 16.6. The quantitative estimate of drug-likeness (QED) is 0.169. The van der Waals surface area contributed by atoms with Crippen molar-refractivity contribution < 1.29 is 0 Å². The Morgan fingerprint density at radius 3 is 1.25 bits per heavy atom. The molecule has 9 aromatic carbocycles. The second kappa shape index (κ2) is 10.2. The van der Waals surface area contributed by atoms with Gasteiger partial charge in [0.1, 0.15) is 0 Å². The molecule has 3 heteroatoms. The minimum absolute atomic E-state index is 1.26. The van der Waals surface area contributed by atoms with Crippen molar-refractivity contribution in [1.82, 2.24) is 4.40 Å². The van der Waals surface area contributed by atoms with E-state index in [2.05, 4.69) is 168 Å². The number of rotatable bonds is 2. The van der Waals surface area contributed by atoms with E-state index in [9.17, 15) is 0 Å². The molecule has 0 fully saturated rings. The molecule has 0 bridgehead atoms. The zero-order valence-electron chi connectivity index (χ0n) is 28.4. The first kappa shape index (κ1) is 28.3. The number of thiophene rings is 2. The summed E-state index contributed by atoms with van der Waals surface area (Å²) in [5.74, 6) is 0. The van der Waals surface area contributed by atoms with Gasteiger partial charge in [0, 0.05) is 61.9 Å². The SMILES string of the molecule is c1ccc2c(-c3ccc4c(c3)sc3ccccc34)c3c4cccc5c6c(-c7ccc8c(c7)sc7ccccc78)c7ccccc7cc6n(c3cc2c1)c45. The molecule has 0 N–H and O–H groups in total. The van der Waals surface area contributed by atoms with E-state index in [1.807, 2.05) is 22.7 Å². The van der Waals surface area contributed by atoms with Gasteiger partial charge in [0.2, 0.25) is 0 Å². The monoisotopic (exact) mass is 705 g/mol.